The Balaban J connectivity index is 2.88. The van der Waals surface area contributed by atoms with Crippen LogP contribution in [0.3, 0.4) is 0 Å². The SMILES string of the molecule is C/C=C\C(=O)Nc1cccc(C(=O)N(CC)CC)c1. The Labute approximate surface area is 114 Å². The summed E-state index contributed by atoms with van der Waals surface area (Å²) >= 11 is 0. The van der Waals surface area contributed by atoms with Crippen LogP contribution in [0.2, 0.25) is 0 Å². The van der Waals surface area contributed by atoms with E-state index in [4.69, 9.17) is 0 Å². The molecule has 0 heterocycles. The van der Waals surface area contributed by atoms with Gasteiger partial charge in [-0.05, 0) is 45.0 Å². The largest absolute Gasteiger partial charge is 0.339 e. The molecule has 1 rings (SSSR count). The fraction of sp³-hybridized carbons (Fsp3) is 0.333. The van der Waals surface area contributed by atoms with E-state index in [0.717, 1.165) is 0 Å². The van der Waals surface area contributed by atoms with Gasteiger partial charge < -0.3 is 10.2 Å². The molecule has 4 heteroatoms. The molecular weight excluding hydrogens is 240 g/mol. The quantitative estimate of drug-likeness (QED) is 0.827. The topological polar surface area (TPSA) is 49.4 Å². The van der Waals surface area contributed by atoms with E-state index in [1.807, 2.05) is 13.8 Å². The minimum Gasteiger partial charge on any atom is -0.339 e. The molecule has 0 saturated heterocycles. The zero-order valence-corrected chi connectivity index (χ0v) is 11.6. The highest BCUT2D eigenvalue weighted by Gasteiger charge is 2.12. The lowest BCUT2D eigenvalue weighted by atomic mass is 10.1. The van der Waals surface area contributed by atoms with Crippen molar-refractivity contribution in [1.82, 2.24) is 4.90 Å². The van der Waals surface area contributed by atoms with Crippen molar-refractivity contribution in [2.75, 3.05) is 18.4 Å². The van der Waals surface area contributed by atoms with Crippen LogP contribution in [0.15, 0.2) is 36.4 Å². The maximum absolute atomic E-state index is 12.2. The Kier molecular flexibility index (Phi) is 5.79. The van der Waals surface area contributed by atoms with Gasteiger partial charge >= 0.3 is 0 Å². The standard InChI is InChI=1S/C15H20N2O2/c1-4-8-14(18)16-13-10-7-9-12(11-13)15(19)17(5-2)6-3/h4,7-11H,5-6H2,1-3H3,(H,16,18)/b8-4-. The molecule has 0 aliphatic carbocycles. The highest BCUT2D eigenvalue weighted by Crippen LogP contribution is 2.13. The van der Waals surface area contributed by atoms with E-state index in [-0.39, 0.29) is 11.8 Å². The maximum Gasteiger partial charge on any atom is 0.253 e. The number of amides is 2. The number of allylic oxidation sites excluding steroid dienone is 1. The summed E-state index contributed by atoms with van der Waals surface area (Å²) in [5.41, 5.74) is 1.21. The Bertz CT molecular complexity index is 477. The molecule has 0 saturated carbocycles. The fourth-order valence-corrected chi connectivity index (χ4v) is 1.76. The lowest BCUT2D eigenvalue weighted by Gasteiger charge is -2.18. The number of nitrogens with zero attached hydrogens (tertiary/aromatic N) is 1. The second-order valence-corrected chi connectivity index (χ2v) is 4.05. The molecule has 102 valence electrons. The van der Waals surface area contributed by atoms with Gasteiger partial charge in [0.25, 0.3) is 5.91 Å². The van der Waals surface area contributed by atoms with Gasteiger partial charge in [-0.1, -0.05) is 12.1 Å². The Morgan fingerprint density at radius 2 is 1.95 bits per heavy atom. The number of anilines is 1. The van der Waals surface area contributed by atoms with Crippen LogP contribution in [0.1, 0.15) is 31.1 Å². The molecule has 1 aromatic carbocycles. The first kappa shape index (κ1) is 15.0. The van der Waals surface area contributed by atoms with Gasteiger partial charge in [0.05, 0.1) is 0 Å². The predicted octanol–water partition coefficient (Wildman–Crippen LogP) is 2.68. The molecule has 19 heavy (non-hydrogen) atoms. The highest BCUT2D eigenvalue weighted by atomic mass is 16.2. The van der Waals surface area contributed by atoms with Crippen LogP contribution < -0.4 is 5.32 Å². The van der Waals surface area contributed by atoms with Crippen molar-refractivity contribution in [2.24, 2.45) is 0 Å². The summed E-state index contributed by atoms with van der Waals surface area (Å²) in [6, 6.07) is 6.98. The minimum atomic E-state index is -0.199. The lowest BCUT2D eigenvalue weighted by molar-refractivity contribution is -0.111. The number of carbonyl (C=O) groups excluding carboxylic acids is 2. The monoisotopic (exact) mass is 260 g/mol. The van der Waals surface area contributed by atoms with Crippen LogP contribution in [0.25, 0.3) is 0 Å². The van der Waals surface area contributed by atoms with Crippen LogP contribution in [0.5, 0.6) is 0 Å². The van der Waals surface area contributed by atoms with Crippen LogP contribution in [0, 0.1) is 0 Å². The second kappa shape index (κ2) is 7.36. The van der Waals surface area contributed by atoms with Gasteiger partial charge in [0.1, 0.15) is 0 Å². The lowest BCUT2D eigenvalue weighted by Crippen LogP contribution is -2.30. The molecular formula is C15H20N2O2. The summed E-state index contributed by atoms with van der Waals surface area (Å²) in [4.78, 5) is 25.4. The van der Waals surface area contributed by atoms with Crippen molar-refractivity contribution >= 4 is 17.5 Å². The molecule has 1 N–H and O–H groups in total. The van der Waals surface area contributed by atoms with Crippen LogP contribution in [0.4, 0.5) is 5.69 Å². The molecule has 0 aliphatic rings. The first-order valence-corrected chi connectivity index (χ1v) is 6.45. The Morgan fingerprint density at radius 3 is 2.53 bits per heavy atom. The van der Waals surface area contributed by atoms with Gasteiger partial charge in [0.15, 0.2) is 0 Å². The third-order valence-electron chi connectivity index (χ3n) is 2.75. The van der Waals surface area contributed by atoms with E-state index in [2.05, 4.69) is 5.32 Å². The Morgan fingerprint density at radius 1 is 1.26 bits per heavy atom. The van der Waals surface area contributed by atoms with Crippen LogP contribution in [-0.2, 0) is 4.79 Å². The van der Waals surface area contributed by atoms with E-state index < -0.39 is 0 Å². The highest BCUT2D eigenvalue weighted by molar-refractivity contribution is 6.01. The number of hydrogen-bond acceptors (Lipinski definition) is 2. The molecule has 0 atom stereocenters. The summed E-state index contributed by atoms with van der Waals surface area (Å²) in [7, 11) is 0. The Hall–Kier alpha value is -2.10. The summed E-state index contributed by atoms with van der Waals surface area (Å²) in [5.74, 6) is -0.220. The molecule has 0 bridgehead atoms. The van der Waals surface area contributed by atoms with Crippen LogP contribution in [-0.4, -0.2) is 29.8 Å². The molecule has 0 aliphatic heterocycles. The van der Waals surface area contributed by atoms with Crippen molar-refractivity contribution in [1.29, 1.82) is 0 Å². The van der Waals surface area contributed by atoms with Gasteiger partial charge in [-0.15, -0.1) is 0 Å². The van der Waals surface area contributed by atoms with E-state index in [1.54, 1.807) is 42.2 Å². The molecule has 0 spiro atoms. The smallest absolute Gasteiger partial charge is 0.253 e. The maximum atomic E-state index is 12.2. The molecule has 0 unspecified atom stereocenters. The second-order valence-electron chi connectivity index (χ2n) is 4.05. The zero-order valence-electron chi connectivity index (χ0n) is 11.6. The molecule has 4 nitrogen and oxygen atoms in total. The average molecular weight is 260 g/mol. The summed E-state index contributed by atoms with van der Waals surface area (Å²) in [5, 5.41) is 2.72. The van der Waals surface area contributed by atoms with Crippen molar-refractivity contribution in [2.45, 2.75) is 20.8 Å². The number of carbonyl (C=O) groups is 2. The third kappa shape index (κ3) is 4.25. The van der Waals surface area contributed by atoms with Gasteiger partial charge in [-0.3, -0.25) is 9.59 Å². The number of nitrogens with one attached hydrogen (secondary N) is 1. The molecule has 2 amide bonds. The van der Waals surface area contributed by atoms with E-state index in [0.29, 0.717) is 24.3 Å². The van der Waals surface area contributed by atoms with Crippen molar-refractivity contribution in [3.8, 4) is 0 Å². The third-order valence-corrected chi connectivity index (χ3v) is 2.75. The predicted molar refractivity (Wildman–Crippen MR) is 77.1 cm³/mol. The van der Waals surface area contributed by atoms with Gasteiger partial charge in [0.2, 0.25) is 5.91 Å². The molecule has 0 aromatic heterocycles. The van der Waals surface area contributed by atoms with E-state index in [9.17, 15) is 9.59 Å². The fourth-order valence-electron chi connectivity index (χ4n) is 1.76. The molecule has 0 radical (unpaired) electrons. The van der Waals surface area contributed by atoms with Crippen molar-refractivity contribution in [3.05, 3.63) is 42.0 Å². The summed E-state index contributed by atoms with van der Waals surface area (Å²) < 4.78 is 0. The van der Waals surface area contributed by atoms with Gasteiger partial charge in [0, 0.05) is 24.3 Å². The minimum absolute atomic E-state index is 0.0212. The number of hydrogen-bond donors (Lipinski definition) is 1. The normalized spacial score (nSPS) is 10.5. The zero-order chi connectivity index (χ0) is 14.3. The molecule has 1 aromatic rings. The summed E-state index contributed by atoms with van der Waals surface area (Å²) in [6.07, 6.45) is 3.11. The van der Waals surface area contributed by atoms with Gasteiger partial charge in [-0.2, -0.15) is 0 Å². The molecule has 0 fully saturated rings. The summed E-state index contributed by atoms with van der Waals surface area (Å²) in [6.45, 7) is 7.01. The number of benzene rings is 1. The van der Waals surface area contributed by atoms with Crippen molar-refractivity contribution < 1.29 is 9.59 Å². The van der Waals surface area contributed by atoms with E-state index in [1.165, 1.54) is 6.08 Å². The number of rotatable bonds is 5. The average Bonchev–Trinajstić information content (AvgIpc) is 2.40. The van der Waals surface area contributed by atoms with Crippen molar-refractivity contribution in [3.63, 3.8) is 0 Å². The van der Waals surface area contributed by atoms with E-state index >= 15 is 0 Å². The first-order chi connectivity index (χ1) is 9.12. The van der Waals surface area contributed by atoms with Gasteiger partial charge in [-0.25, -0.2) is 0 Å². The first-order valence-electron chi connectivity index (χ1n) is 6.45. The van der Waals surface area contributed by atoms with Crippen LogP contribution >= 0.6 is 0 Å².